The maximum atomic E-state index is 10.5. The maximum Gasteiger partial charge on any atom is 0.303 e. The minimum atomic E-state index is -0.798. The molecule has 0 radical (unpaired) electrons. The van der Waals surface area contributed by atoms with Crippen molar-refractivity contribution in [2.75, 3.05) is 7.11 Å². The highest BCUT2D eigenvalue weighted by Gasteiger charge is 2.10. The molecule has 16 heavy (non-hydrogen) atoms. The summed E-state index contributed by atoms with van der Waals surface area (Å²) < 4.78 is 5.33. The fourth-order valence-corrected chi connectivity index (χ4v) is 1.82. The van der Waals surface area contributed by atoms with Crippen molar-refractivity contribution >= 4 is 16.9 Å². The van der Waals surface area contributed by atoms with Gasteiger partial charge < -0.3 is 14.8 Å². The third-order valence-electron chi connectivity index (χ3n) is 2.57. The van der Waals surface area contributed by atoms with E-state index in [4.69, 9.17) is 9.84 Å². The topological polar surface area (TPSA) is 62.3 Å². The summed E-state index contributed by atoms with van der Waals surface area (Å²) in [6.07, 6.45) is 2.43. The smallest absolute Gasteiger partial charge is 0.303 e. The summed E-state index contributed by atoms with van der Waals surface area (Å²) in [5.74, 6) is -0.0580. The Balaban J connectivity index is 2.40. The van der Waals surface area contributed by atoms with Gasteiger partial charge in [0.25, 0.3) is 0 Å². The molecule has 0 spiro atoms. The van der Waals surface area contributed by atoms with Crippen molar-refractivity contribution in [2.24, 2.45) is 0 Å². The molecule has 0 amide bonds. The Labute approximate surface area is 92.9 Å². The largest absolute Gasteiger partial charge is 0.494 e. The predicted molar refractivity (Wildman–Crippen MR) is 60.8 cm³/mol. The Morgan fingerprint density at radius 2 is 2.25 bits per heavy atom. The van der Waals surface area contributed by atoms with E-state index in [9.17, 15) is 4.79 Å². The van der Waals surface area contributed by atoms with Crippen LogP contribution in [-0.4, -0.2) is 23.2 Å². The van der Waals surface area contributed by atoms with Crippen LogP contribution < -0.4 is 4.74 Å². The highest BCUT2D eigenvalue weighted by Crippen LogP contribution is 2.29. The Morgan fingerprint density at radius 1 is 1.44 bits per heavy atom. The fourth-order valence-electron chi connectivity index (χ4n) is 1.82. The zero-order chi connectivity index (χ0) is 11.5. The van der Waals surface area contributed by atoms with Crippen molar-refractivity contribution in [1.29, 1.82) is 0 Å². The quantitative estimate of drug-likeness (QED) is 0.828. The van der Waals surface area contributed by atoms with Crippen LogP contribution in [0.5, 0.6) is 5.75 Å². The first-order valence-corrected chi connectivity index (χ1v) is 5.07. The molecule has 0 fully saturated rings. The number of nitrogens with one attached hydrogen (secondary N) is 1. The van der Waals surface area contributed by atoms with E-state index in [1.807, 2.05) is 24.4 Å². The molecule has 0 unspecified atom stereocenters. The number of fused-ring (bicyclic) bond motifs is 1. The summed E-state index contributed by atoms with van der Waals surface area (Å²) in [6.45, 7) is 0. The van der Waals surface area contributed by atoms with Gasteiger partial charge in [-0.1, -0.05) is 12.1 Å². The van der Waals surface area contributed by atoms with Gasteiger partial charge in [0.1, 0.15) is 5.75 Å². The van der Waals surface area contributed by atoms with E-state index in [1.165, 1.54) is 0 Å². The number of carboxylic acid groups (broad SMARTS) is 1. The van der Waals surface area contributed by atoms with Crippen molar-refractivity contribution in [3.63, 3.8) is 0 Å². The molecule has 2 N–H and O–H groups in total. The lowest BCUT2D eigenvalue weighted by atomic mass is 10.1. The number of carbonyl (C=O) groups is 1. The number of aromatic nitrogens is 1. The van der Waals surface area contributed by atoms with Crippen LogP contribution in [-0.2, 0) is 11.2 Å². The third kappa shape index (κ3) is 1.86. The highest BCUT2D eigenvalue weighted by molar-refractivity contribution is 5.86. The molecule has 0 aliphatic carbocycles. The summed E-state index contributed by atoms with van der Waals surface area (Å²) in [7, 11) is 1.60. The number of H-pyrrole nitrogens is 1. The van der Waals surface area contributed by atoms with Gasteiger partial charge in [-0.25, -0.2) is 0 Å². The molecule has 4 heteroatoms. The number of carboxylic acids is 1. The normalized spacial score (nSPS) is 10.6. The summed E-state index contributed by atoms with van der Waals surface area (Å²) in [5.41, 5.74) is 1.84. The van der Waals surface area contributed by atoms with E-state index in [1.54, 1.807) is 7.11 Å². The van der Waals surface area contributed by atoms with E-state index in [2.05, 4.69) is 4.98 Å². The Kier molecular flexibility index (Phi) is 2.81. The summed E-state index contributed by atoms with van der Waals surface area (Å²) in [5, 5.41) is 9.73. The Morgan fingerprint density at radius 3 is 2.94 bits per heavy atom. The zero-order valence-electron chi connectivity index (χ0n) is 8.99. The fraction of sp³-hybridized carbons (Fsp3) is 0.250. The van der Waals surface area contributed by atoms with Gasteiger partial charge in [-0.3, -0.25) is 4.79 Å². The van der Waals surface area contributed by atoms with Crippen LogP contribution in [0.3, 0.4) is 0 Å². The van der Waals surface area contributed by atoms with E-state index < -0.39 is 5.97 Å². The molecular formula is C12H13NO3. The van der Waals surface area contributed by atoms with E-state index in [0.717, 1.165) is 22.2 Å². The van der Waals surface area contributed by atoms with Crippen molar-refractivity contribution in [3.05, 3.63) is 30.0 Å². The number of hydrogen-bond donors (Lipinski definition) is 2. The van der Waals surface area contributed by atoms with Crippen molar-refractivity contribution in [3.8, 4) is 5.75 Å². The first kappa shape index (κ1) is 10.5. The van der Waals surface area contributed by atoms with Gasteiger partial charge in [0, 0.05) is 18.0 Å². The standard InChI is InChI=1S/C12H13NO3/c1-16-12-9(4-5-10(14)15)3-2-8-6-7-13-11(8)12/h2-3,6-7,13H,4-5H2,1H3,(H,14,15). The number of ether oxygens (including phenoxy) is 1. The molecule has 1 heterocycles. The molecule has 0 saturated heterocycles. The molecule has 0 atom stereocenters. The molecule has 84 valence electrons. The number of hydrogen-bond acceptors (Lipinski definition) is 2. The minimum Gasteiger partial charge on any atom is -0.494 e. The second kappa shape index (κ2) is 4.26. The van der Waals surface area contributed by atoms with Crippen LogP contribution >= 0.6 is 0 Å². The van der Waals surface area contributed by atoms with Crippen LogP contribution in [0.1, 0.15) is 12.0 Å². The first-order chi connectivity index (χ1) is 7.72. The number of rotatable bonds is 4. The lowest BCUT2D eigenvalue weighted by Gasteiger charge is -2.08. The summed E-state index contributed by atoms with van der Waals surface area (Å²) in [6, 6.07) is 5.84. The monoisotopic (exact) mass is 219 g/mol. The van der Waals surface area contributed by atoms with Gasteiger partial charge in [0.05, 0.1) is 12.6 Å². The molecule has 1 aromatic carbocycles. The SMILES string of the molecule is COc1c(CCC(=O)O)ccc2cc[nH]c12. The first-order valence-electron chi connectivity index (χ1n) is 5.07. The Bertz CT molecular complexity index is 516. The number of aliphatic carboxylic acids is 1. The average molecular weight is 219 g/mol. The van der Waals surface area contributed by atoms with Gasteiger partial charge in [-0.05, 0) is 18.1 Å². The van der Waals surface area contributed by atoms with E-state index in [-0.39, 0.29) is 6.42 Å². The predicted octanol–water partition coefficient (Wildman–Crippen LogP) is 2.19. The number of aromatic amines is 1. The maximum absolute atomic E-state index is 10.5. The van der Waals surface area contributed by atoms with Crippen LogP contribution in [0.15, 0.2) is 24.4 Å². The molecule has 1 aromatic heterocycles. The van der Waals surface area contributed by atoms with Gasteiger partial charge in [-0.2, -0.15) is 0 Å². The second-order valence-corrected chi connectivity index (χ2v) is 3.59. The summed E-state index contributed by atoms with van der Waals surface area (Å²) >= 11 is 0. The van der Waals surface area contributed by atoms with Crippen LogP contribution in [0.2, 0.25) is 0 Å². The molecule has 4 nitrogen and oxygen atoms in total. The van der Waals surface area contributed by atoms with Crippen LogP contribution in [0, 0.1) is 0 Å². The number of benzene rings is 1. The molecular weight excluding hydrogens is 206 g/mol. The molecule has 0 bridgehead atoms. The third-order valence-corrected chi connectivity index (χ3v) is 2.57. The molecule has 2 aromatic rings. The molecule has 2 rings (SSSR count). The van der Waals surface area contributed by atoms with Crippen LogP contribution in [0.25, 0.3) is 10.9 Å². The number of methoxy groups -OCH3 is 1. The van der Waals surface area contributed by atoms with Gasteiger partial charge in [0.15, 0.2) is 0 Å². The molecule has 0 saturated carbocycles. The highest BCUT2D eigenvalue weighted by atomic mass is 16.5. The second-order valence-electron chi connectivity index (χ2n) is 3.59. The van der Waals surface area contributed by atoms with Crippen molar-refractivity contribution in [1.82, 2.24) is 4.98 Å². The van der Waals surface area contributed by atoms with Gasteiger partial charge in [0.2, 0.25) is 0 Å². The zero-order valence-corrected chi connectivity index (χ0v) is 8.99. The summed E-state index contributed by atoms with van der Waals surface area (Å²) in [4.78, 5) is 13.6. The van der Waals surface area contributed by atoms with Gasteiger partial charge >= 0.3 is 5.97 Å². The molecule has 0 aliphatic heterocycles. The average Bonchev–Trinajstić information content (AvgIpc) is 2.73. The lowest BCUT2D eigenvalue weighted by molar-refractivity contribution is -0.136. The Hall–Kier alpha value is -1.97. The number of aryl methyl sites for hydroxylation is 1. The van der Waals surface area contributed by atoms with Crippen LogP contribution in [0.4, 0.5) is 0 Å². The van der Waals surface area contributed by atoms with Gasteiger partial charge in [-0.15, -0.1) is 0 Å². The van der Waals surface area contributed by atoms with Crippen molar-refractivity contribution in [2.45, 2.75) is 12.8 Å². The van der Waals surface area contributed by atoms with E-state index in [0.29, 0.717) is 6.42 Å². The molecule has 0 aliphatic rings. The lowest BCUT2D eigenvalue weighted by Crippen LogP contribution is -1.99. The minimum absolute atomic E-state index is 0.114. The van der Waals surface area contributed by atoms with E-state index >= 15 is 0 Å². The van der Waals surface area contributed by atoms with Crippen molar-refractivity contribution < 1.29 is 14.6 Å².